The van der Waals surface area contributed by atoms with Crippen molar-refractivity contribution in [1.29, 1.82) is 0 Å². The monoisotopic (exact) mass is 500 g/mol. The number of aromatic nitrogens is 3. The van der Waals surface area contributed by atoms with Crippen LogP contribution in [0.2, 0.25) is 5.02 Å². The quantitative estimate of drug-likeness (QED) is 0.514. The first-order chi connectivity index (χ1) is 16.7. The van der Waals surface area contributed by atoms with Gasteiger partial charge in [-0.2, -0.15) is 5.10 Å². The Bertz CT molecular complexity index is 1240. The summed E-state index contributed by atoms with van der Waals surface area (Å²) in [7, 11) is 4.05. The summed E-state index contributed by atoms with van der Waals surface area (Å²) < 4.78 is 15.0. The Kier molecular flexibility index (Phi) is 7.66. The van der Waals surface area contributed by atoms with Crippen LogP contribution in [0.5, 0.6) is 0 Å². The summed E-state index contributed by atoms with van der Waals surface area (Å²) in [5.74, 6) is -0.994. The van der Waals surface area contributed by atoms with Gasteiger partial charge in [-0.3, -0.25) is 9.59 Å². The third kappa shape index (κ3) is 5.79. The lowest BCUT2D eigenvalue weighted by atomic mass is 9.85. The molecule has 35 heavy (non-hydrogen) atoms. The van der Waals surface area contributed by atoms with E-state index in [1.54, 1.807) is 10.7 Å². The lowest BCUT2D eigenvalue weighted by Gasteiger charge is -2.28. The van der Waals surface area contributed by atoms with E-state index in [-0.39, 0.29) is 28.8 Å². The standard InChI is InChI=1S/C25H30ClFN6O2/c1-15-17(10-11-32(2)3)13-28-23-20(14-29-33(15)23)25(35)30-19-7-4-16(5-8-19)24(34)31-22-9-6-18(27)12-21(22)26/h6,9,12-14,16,19H,4-5,7-8,10-11H2,1-3H3,(H,30,35)(H,31,34). The molecule has 0 spiro atoms. The van der Waals surface area contributed by atoms with Gasteiger partial charge < -0.3 is 15.5 Å². The van der Waals surface area contributed by atoms with E-state index in [9.17, 15) is 14.0 Å². The van der Waals surface area contributed by atoms with Gasteiger partial charge in [0.15, 0.2) is 5.65 Å². The second kappa shape index (κ2) is 10.7. The minimum absolute atomic E-state index is 0.0311. The number of nitrogens with one attached hydrogen (secondary N) is 2. The molecule has 1 aliphatic carbocycles. The number of hydrogen-bond acceptors (Lipinski definition) is 5. The molecule has 186 valence electrons. The number of amides is 2. The zero-order valence-corrected chi connectivity index (χ0v) is 20.9. The average Bonchev–Trinajstić information content (AvgIpc) is 3.26. The van der Waals surface area contributed by atoms with Crippen molar-refractivity contribution in [3.63, 3.8) is 0 Å². The van der Waals surface area contributed by atoms with Crippen molar-refractivity contribution in [2.45, 2.75) is 45.1 Å². The third-order valence-electron chi connectivity index (χ3n) is 6.56. The van der Waals surface area contributed by atoms with Crippen molar-refractivity contribution in [2.75, 3.05) is 26.0 Å². The highest BCUT2D eigenvalue weighted by atomic mass is 35.5. The molecule has 2 N–H and O–H groups in total. The van der Waals surface area contributed by atoms with E-state index >= 15 is 0 Å². The summed E-state index contributed by atoms with van der Waals surface area (Å²) in [6, 6.07) is 3.86. The molecule has 10 heteroatoms. The van der Waals surface area contributed by atoms with Crippen molar-refractivity contribution in [2.24, 2.45) is 5.92 Å². The number of carbonyl (C=O) groups is 2. The van der Waals surface area contributed by atoms with Crippen LogP contribution in [0.25, 0.3) is 5.65 Å². The zero-order valence-electron chi connectivity index (χ0n) is 20.1. The summed E-state index contributed by atoms with van der Waals surface area (Å²) in [6.07, 6.45) is 6.87. The van der Waals surface area contributed by atoms with Crippen LogP contribution in [-0.4, -0.2) is 58.0 Å². The molecular weight excluding hydrogens is 471 g/mol. The van der Waals surface area contributed by atoms with Gasteiger partial charge in [0.25, 0.3) is 5.91 Å². The number of nitrogens with zero attached hydrogens (tertiary/aromatic N) is 4. The topological polar surface area (TPSA) is 91.6 Å². The van der Waals surface area contributed by atoms with E-state index in [2.05, 4.69) is 25.6 Å². The smallest absolute Gasteiger partial charge is 0.256 e. The summed E-state index contributed by atoms with van der Waals surface area (Å²) in [5, 5.41) is 10.4. The van der Waals surface area contributed by atoms with Crippen molar-refractivity contribution in [1.82, 2.24) is 24.8 Å². The van der Waals surface area contributed by atoms with Gasteiger partial charge in [0, 0.05) is 30.4 Å². The average molecular weight is 501 g/mol. The van der Waals surface area contributed by atoms with Crippen LogP contribution in [0.3, 0.4) is 0 Å². The maximum Gasteiger partial charge on any atom is 0.256 e. The molecule has 3 aromatic rings. The van der Waals surface area contributed by atoms with E-state index in [1.807, 2.05) is 27.2 Å². The third-order valence-corrected chi connectivity index (χ3v) is 6.88. The lowest BCUT2D eigenvalue weighted by molar-refractivity contribution is -0.120. The molecule has 0 radical (unpaired) electrons. The zero-order chi connectivity index (χ0) is 25.1. The SMILES string of the molecule is Cc1c(CCN(C)C)cnc2c(C(=O)NC3CCC(C(=O)Nc4ccc(F)cc4Cl)CC3)cnn12. The fourth-order valence-electron chi connectivity index (χ4n) is 4.42. The molecule has 1 fully saturated rings. The number of benzene rings is 1. The predicted molar refractivity (Wildman–Crippen MR) is 133 cm³/mol. The molecule has 2 aromatic heterocycles. The van der Waals surface area contributed by atoms with Gasteiger partial charge in [0.05, 0.1) is 16.9 Å². The first-order valence-corrected chi connectivity index (χ1v) is 12.1. The van der Waals surface area contributed by atoms with Crippen LogP contribution >= 0.6 is 11.6 Å². The Morgan fingerprint density at radius 2 is 1.94 bits per heavy atom. The van der Waals surface area contributed by atoms with Gasteiger partial charge in [0.1, 0.15) is 11.4 Å². The van der Waals surface area contributed by atoms with Crippen LogP contribution in [-0.2, 0) is 11.2 Å². The molecule has 0 bridgehead atoms. The molecule has 1 saturated carbocycles. The second-order valence-electron chi connectivity index (χ2n) is 9.35. The highest BCUT2D eigenvalue weighted by Gasteiger charge is 2.28. The number of aryl methyl sites for hydroxylation is 1. The van der Waals surface area contributed by atoms with E-state index in [4.69, 9.17) is 11.6 Å². The van der Waals surface area contributed by atoms with Gasteiger partial charge in [-0.15, -0.1) is 0 Å². The maximum absolute atomic E-state index is 13.2. The number of carbonyl (C=O) groups excluding carboxylic acids is 2. The summed E-state index contributed by atoms with van der Waals surface area (Å²) in [6.45, 7) is 2.89. The van der Waals surface area contributed by atoms with Gasteiger partial charge >= 0.3 is 0 Å². The van der Waals surface area contributed by atoms with Crippen LogP contribution in [0.4, 0.5) is 10.1 Å². The molecule has 8 nitrogen and oxygen atoms in total. The van der Waals surface area contributed by atoms with Gasteiger partial charge in [0.2, 0.25) is 5.91 Å². The largest absolute Gasteiger partial charge is 0.349 e. The van der Waals surface area contributed by atoms with Crippen molar-refractivity contribution in [3.8, 4) is 0 Å². The van der Waals surface area contributed by atoms with E-state index < -0.39 is 5.82 Å². The normalized spacial score (nSPS) is 18.1. The molecule has 2 heterocycles. The molecule has 1 aliphatic rings. The Labute approximate surface area is 208 Å². The number of anilines is 1. The van der Waals surface area contributed by atoms with Gasteiger partial charge in [-0.05, 0) is 76.9 Å². The summed E-state index contributed by atoms with van der Waals surface area (Å²) >= 11 is 6.01. The molecule has 2 amide bonds. The summed E-state index contributed by atoms with van der Waals surface area (Å²) in [4.78, 5) is 32.3. The van der Waals surface area contributed by atoms with E-state index in [0.29, 0.717) is 42.6 Å². The van der Waals surface area contributed by atoms with Crippen LogP contribution < -0.4 is 10.6 Å². The van der Waals surface area contributed by atoms with Crippen LogP contribution in [0.15, 0.2) is 30.6 Å². The molecule has 4 rings (SSSR count). The van der Waals surface area contributed by atoms with Crippen LogP contribution in [0.1, 0.15) is 47.3 Å². The number of hydrogen-bond donors (Lipinski definition) is 2. The van der Waals surface area contributed by atoms with Crippen LogP contribution in [0, 0.1) is 18.7 Å². The van der Waals surface area contributed by atoms with Gasteiger partial charge in [-0.25, -0.2) is 13.9 Å². The van der Waals surface area contributed by atoms with Crippen molar-refractivity contribution < 1.29 is 14.0 Å². The number of rotatable bonds is 7. The second-order valence-corrected chi connectivity index (χ2v) is 9.76. The minimum Gasteiger partial charge on any atom is -0.349 e. The van der Waals surface area contributed by atoms with E-state index in [0.717, 1.165) is 24.2 Å². The molecule has 0 atom stereocenters. The number of halogens is 2. The highest BCUT2D eigenvalue weighted by Crippen LogP contribution is 2.28. The highest BCUT2D eigenvalue weighted by molar-refractivity contribution is 6.33. The fourth-order valence-corrected chi connectivity index (χ4v) is 4.63. The number of likely N-dealkylation sites (N-methyl/N-ethyl adjacent to an activating group) is 1. The van der Waals surface area contributed by atoms with Crippen molar-refractivity contribution >= 4 is 34.7 Å². The Morgan fingerprint density at radius 3 is 2.63 bits per heavy atom. The van der Waals surface area contributed by atoms with Gasteiger partial charge in [-0.1, -0.05) is 11.6 Å². The molecule has 0 saturated heterocycles. The minimum atomic E-state index is -0.453. The Balaban J connectivity index is 1.34. The summed E-state index contributed by atoms with van der Waals surface area (Å²) in [5.41, 5.74) is 3.45. The predicted octanol–water partition coefficient (Wildman–Crippen LogP) is 3.86. The first kappa shape index (κ1) is 25.1. The lowest BCUT2D eigenvalue weighted by Crippen LogP contribution is -2.39. The van der Waals surface area contributed by atoms with E-state index in [1.165, 1.54) is 18.2 Å². The van der Waals surface area contributed by atoms with Crippen molar-refractivity contribution in [3.05, 3.63) is 58.3 Å². The Morgan fingerprint density at radius 1 is 1.20 bits per heavy atom. The molecular formula is C25H30ClFN6O2. The Hall–Kier alpha value is -3.04. The molecule has 0 unspecified atom stereocenters. The maximum atomic E-state index is 13.2. The number of fused-ring (bicyclic) bond motifs is 1. The molecule has 1 aromatic carbocycles. The molecule has 0 aliphatic heterocycles. The fraction of sp³-hybridized carbons (Fsp3) is 0.440. The first-order valence-electron chi connectivity index (χ1n) is 11.8.